The lowest BCUT2D eigenvalue weighted by atomic mass is 10.3. The van der Waals surface area contributed by atoms with Gasteiger partial charge in [-0.2, -0.15) is 0 Å². The van der Waals surface area contributed by atoms with Crippen LogP contribution in [0.1, 0.15) is 17.8 Å². The predicted octanol–water partition coefficient (Wildman–Crippen LogP) is 2.15. The highest BCUT2D eigenvalue weighted by Gasteiger charge is 2.11. The van der Waals surface area contributed by atoms with Gasteiger partial charge in [0.2, 0.25) is 11.0 Å². The summed E-state index contributed by atoms with van der Waals surface area (Å²) in [6.45, 7) is 1.97. The van der Waals surface area contributed by atoms with Crippen molar-refractivity contribution in [2.45, 2.75) is 17.3 Å². The van der Waals surface area contributed by atoms with Crippen molar-refractivity contribution in [3.8, 4) is 0 Å². The number of amides is 1. The van der Waals surface area contributed by atoms with E-state index >= 15 is 0 Å². The number of carbonyl (C=O) groups is 1. The normalized spacial score (nSPS) is 12.3. The van der Waals surface area contributed by atoms with Crippen LogP contribution in [0, 0.1) is 0 Å². The number of thiophene rings is 1. The summed E-state index contributed by atoms with van der Waals surface area (Å²) in [5, 5.41) is 12.9. The summed E-state index contributed by atoms with van der Waals surface area (Å²) in [5.41, 5.74) is 5.46. The molecule has 0 unspecified atom stereocenters. The molecule has 0 spiro atoms. The monoisotopic (exact) mass is 300 g/mol. The maximum Gasteiger partial charge on any atom is 0.230 e. The van der Waals surface area contributed by atoms with E-state index in [1.165, 1.54) is 23.1 Å². The first-order valence-electron chi connectivity index (χ1n) is 5.19. The van der Waals surface area contributed by atoms with Crippen molar-refractivity contribution in [3.05, 3.63) is 22.4 Å². The Morgan fingerprint density at radius 1 is 1.61 bits per heavy atom. The molecule has 2 aromatic rings. The molecule has 1 amide bonds. The number of nitrogens with one attached hydrogen (secondary N) is 1. The largest absolute Gasteiger partial charge is 0.374 e. The molecule has 3 N–H and O–H groups in total. The van der Waals surface area contributed by atoms with Crippen molar-refractivity contribution in [3.63, 3.8) is 0 Å². The lowest BCUT2D eigenvalue weighted by Gasteiger charge is -2.11. The number of carbonyl (C=O) groups excluding carboxylic acids is 1. The minimum atomic E-state index is -0.0188. The summed E-state index contributed by atoms with van der Waals surface area (Å²) in [6, 6.07) is 4.02. The fourth-order valence-corrected chi connectivity index (χ4v) is 3.48. The summed E-state index contributed by atoms with van der Waals surface area (Å²) in [6.07, 6.45) is 0. The molecule has 2 aromatic heterocycles. The first kappa shape index (κ1) is 13.3. The Morgan fingerprint density at radius 3 is 3.06 bits per heavy atom. The molecular formula is C10H12N4OS3. The highest BCUT2D eigenvalue weighted by atomic mass is 32.2. The minimum Gasteiger partial charge on any atom is -0.374 e. The van der Waals surface area contributed by atoms with E-state index in [-0.39, 0.29) is 11.9 Å². The summed E-state index contributed by atoms with van der Waals surface area (Å²) < 4.78 is 0.714. The van der Waals surface area contributed by atoms with E-state index in [9.17, 15) is 4.79 Å². The van der Waals surface area contributed by atoms with E-state index in [0.29, 0.717) is 15.2 Å². The Balaban J connectivity index is 1.78. The van der Waals surface area contributed by atoms with Crippen molar-refractivity contribution < 1.29 is 4.79 Å². The SMILES string of the molecule is C[C@H](NC(=O)CSc1nnc(N)s1)c1cccs1. The maximum absolute atomic E-state index is 11.7. The standard InChI is InChI=1S/C10H12N4OS3/c1-6(7-3-2-4-16-7)12-8(15)5-17-10-14-13-9(11)18-10/h2-4,6H,5H2,1H3,(H2,11,13)(H,12,15)/t6-/m0/s1. The molecule has 0 aliphatic heterocycles. The average molecular weight is 300 g/mol. The number of aromatic nitrogens is 2. The number of hydrogen-bond donors (Lipinski definition) is 2. The van der Waals surface area contributed by atoms with Crippen molar-refractivity contribution in [2.24, 2.45) is 0 Å². The van der Waals surface area contributed by atoms with Gasteiger partial charge in [0, 0.05) is 4.88 Å². The van der Waals surface area contributed by atoms with Gasteiger partial charge in [-0.05, 0) is 18.4 Å². The smallest absolute Gasteiger partial charge is 0.230 e. The van der Waals surface area contributed by atoms with Crippen molar-refractivity contribution in [2.75, 3.05) is 11.5 Å². The fraction of sp³-hybridized carbons (Fsp3) is 0.300. The van der Waals surface area contributed by atoms with Gasteiger partial charge in [0.1, 0.15) is 0 Å². The number of hydrogen-bond acceptors (Lipinski definition) is 7. The summed E-state index contributed by atoms with van der Waals surface area (Å²) in [7, 11) is 0. The highest BCUT2D eigenvalue weighted by molar-refractivity contribution is 8.01. The zero-order chi connectivity index (χ0) is 13.0. The molecule has 0 saturated heterocycles. The third-order valence-electron chi connectivity index (χ3n) is 2.10. The molecule has 5 nitrogen and oxygen atoms in total. The lowest BCUT2D eigenvalue weighted by Crippen LogP contribution is -2.27. The Hall–Kier alpha value is -1.12. The van der Waals surface area contributed by atoms with Crippen LogP contribution >= 0.6 is 34.4 Å². The van der Waals surface area contributed by atoms with Crippen LogP contribution in [-0.4, -0.2) is 21.9 Å². The molecule has 0 aromatic carbocycles. The summed E-state index contributed by atoms with van der Waals surface area (Å²) in [4.78, 5) is 12.9. The van der Waals surface area contributed by atoms with E-state index in [1.54, 1.807) is 11.3 Å². The molecule has 8 heteroatoms. The van der Waals surface area contributed by atoms with Crippen LogP contribution in [0.15, 0.2) is 21.9 Å². The number of thioether (sulfide) groups is 1. The zero-order valence-electron chi connectivity index (χ0n) is 9.62. The molecule has 0 saturated carbocycles. The van der Waals surface area contributed by atoms with Gasteiger partial charge in [-0.3, -0.25) is 4.79 Å². The van der Waals surface area contributed by atoms with Crippen LogP contribution in [0.5, 0.6) is 0 Å². The Morgan fingerprint density at radius 2 is 2.44 bits per heavy atom. The highest BCUT2D eigenvalue weighted by Crippen LogP contribution is 2.23. The molecule has 2 rings (SSSR count). The Labute approximate surface area is 117 Å². The number of nitrogen functional groups attached to an aromatic ring is 1. The van der Waals surface area contributed by atoms with Gasteiger partial charge in [-0.25, -0.2) is 0 Å². The first-order chi connectivity index (χ1) is 8.65. The van der Waals surface area contributed by atoms with Gasteiger partial charge in [-0.1, -0.05) is 29.2 Å². The first-order valence-corrected chi connectivity index (χ1v) is 7.88. The summed E-state index contributed by atoms with van der Waals surface area (Å²) in [5.74, 6) is 0.305. The van der Waals surface area contributed by atoms with Crippen molar-refractivity contribution >= 4 is 45.5 Å². The van der Waals surface area contributed by atoms with Gasteiger partial charge >= 0.3 is 0 Å². The van der Waals surface area contributed by atoms with Crippen molar-refractivity contribution in [1.82, 2.24) is 15.5 Å². The van der Waals surface area contributed by atoms with E-state index in [2.05, 4.69) is 15.5 Å². The van der Waals surface area contributed by atoms with Crippen LogP contribution in [0.4, 0.5) is 5.13 Å². The van der Waals surface area contributed by atoms with Crippen LogP contribution < -0.4 is 11.1 Å². The topological polar surface area (TPSA) is 80.9 Å². The second-order valence-corrected chi connectivity index (χ2v) is 6.71. The number of rotatable bonds is 5. The Kier molecular flexibility index (Phi) is 4.56. The molecule has 0 radical (unpaired) electrons. The second-order valence-electron chi connectivity index (χ2n) is 3.50. The number of nitrogens with zero attached hydrogens (tertiary/aromatic N) is 2. The number of nitrogens with two attached hydrogens (primary N) is 1. The molecule has 2 heterocycles. The summed E-state index contributed by atoms with van der Waals surface area (Å²) >= 11 is 4.26. The Bertz CT molecular complexity index is 511. The molecule has 96 valence electrons. The molecule has 0 aliphatic rings. The maximum atomic E-state index is 11.7. The molecule has 0 fully saturated rings. The quantitative estimate of drug-likeness (QED) is 0.827. The van der Waals surface area contributed by atoms with E-state index in [1.807, 2.05) is 24.4 Å². The molecule has 0 bridgehead atoms. The zero-order valence-corrected chi connectivity index (χ0v) is 12.1. The van der Waals surface area contributed by atoms with Gasteiger partial charge in [-0.15, -0.1) is 21.5 Å². The van der Waals surface area contributed by atoms with Gasteiger partial charge in [0.15, 0.2) is 4.34 Å². The van der Waals surface area contributed by atoms with E-state index in [4.69, 9.17) is 5.73 Å². The van der Waals surface area contributed by atoms with Crippen LogP contribution in [-0.2, 0) is 4.79 Å². The third kappa shape index (κ3) is 3.69. The molecular weight excluding hydrogens is 288 g/mol. The average Bonchev–Trinajstić information content (AvgIpc) is 2.97. The van der Waals surface area contributed by atoms with Gasteiger partial charge in [0.05, 0.1) is 11.8 Å². The van der Waals surface area contributed by atoms with E-state index < -0.39 is 0 Å². The van der Waals surface area contributed by atoms with Crippen LogP contribution in [0.3, 0.4) is 0 Å². The molecule has 1 atom stereocenters. The van der Waals surface area contributed by atoms with Gasteiger partial charge < -0.3 is 11.1 Å². The van der Waals surface area contributed by atoms with Crippen molar-refractivity contribution in [1.29, 1.82) is 0 Å². The number of anilines is 1. The third-order valence-corrected chi connectivity index (χ3v) is 5.04. The minimum absolute atomic E-state index is 0.0188. The predicted molar refractivity (Wildman–Crippen MR) is 75.9 cm³/mol. The van der Waals surface area contributed by atoms with Gasteiger partial charge in [0.25, 0.3) is 0 Å². The lowest BCUT2D eigenvalue weighted by molar-refractivity contribution is -0.119. The second kappa shape index (κ2) is 6.17. The molecule has 18 heavy (non-hydrogen) atoms. The van der Waals surface area contributed by atoms with Crippen LogP contribution in [0.25, 0.3) is 0 Å². The molecule has 0 aliphatic carbocycles. The fourth-order valence-electron chi connectivity index (χ4n) is 1.30. The van der Waals surface area contributed by atoms with Crippen LogP contribution in [0.2, 0.25) is 0 Å². The van der Waals surface area contributed by atoms with E-state index in [0.717, 1.165) is 4.88 Å².